The van der Waals surface area contributed by atoms with Crippen molar-refractivity contribution in [2.75, 3.05) is 23.7 Å². The molecule has 0 fully saturated rings. The smallest absolute Gasteiger partial charge is 0.410 e. The highest BCUT2D eigenvalue weighted by Crippen LogP contribution is 2.46. The summed E-state index contributed by atoms with van der Waals surface area (Å²) in [5, 5.41) is 7.26. The van der Waals surface area contributed by atoms with Crippen molar-refractivity contribution in [3.63, 3.8) is 0 Å². The molecule has 1 aliphatic rings. The lowest BCUT2D eigenvalue weighted by molar-refractivity contribution is -0.116. The molecule has 4 heterocycles. The first kappa shape index (κ1) is 36.7. The fourth-order valence-corrected chi connectivity index (χ4v) is 7.68. The summed E-state index contributed by atoms with van der Waals surface area (Å²) in [6, 6.07) is 8.72. The van der Waals surface area contributed by atoms with Gasteiger partial charge in [-0.05, 0) is 97.7 Å². The van der Waals surface area contributed by atoms with Gasteiger partial charge in [0.15, 0.2) is 0 Å². The minimum atomic E-state index is -0.661. The average molecular weight is 721 g/mol. The number of rotatable bonds is 8. The summed E-state index contributed by atoms with van der Waals surface area (Å²) >= 11 is 2.88. The minimum Gasteiger partial charge on any atom is -0.444 e. The van der Waals surface area contributed by atoms with Gasteiger partial charge in [-0.3, -0.25) is 14.6 Å². The molecule has 4 aromatic rings. The Morgan fingerprint density at radius 1 is 1.00 bits per heavy atom. The van der Waals surface area contributed by atoms with Crippen LogP contribution in [0.5, 0.6) is 0 Å². The lowest BCUT2D eigenvalue weighted by Gasteiger charge is -2.30. The van der Waals surface area contributed by atoms with Gasteiger partial charge in [-0.2, -0.15) is 0 Å². The Bertz CT molecular complexity index is 1890. The molecule has 50 heavy (non-hydrogen) atoms. The number of anilines is 2. The number of nitrogens with one attached hydrogen (secondary N) is 2. The molecule has 1 aromatic carbocycles. The number of amides is 4. The SMILES string of the molecule is CC(C)N(CCC(=O)Nc1sc2c(c1-c1nc3cc(C(=O)Nc4cccnc4)ccc3s1)CCN(C(=O)OC(C)(C)C)C2)C(=O)OC(C)(C)C. The van der Waals surface area contributed by atoms with Gasteiger partial charge in [0.25, 0.3) is 5.91 Å². The summed E-state index contributed by atoms with van der Waals surface area (Å²) in [7, 11) is 0. The molecule has 0 radical (unpaired) electrons. The van der Waals surface area contributed by atoms with Crippen LogP contribution < -0.4 is 10.6 Å². The molecule has 1 aliphatic heterocycles. The maximum atomic E-state index is 13.5. The predicted molar refractivity (Wildman–Crippen MR) is 197 cm³/mol. The van der Waals surface area contributed by atoms with Gasteiger partial charge in [-0.1, -0.05) is 0 Å². The van der Waals surface area contributed by atoms with Gasteiger partial charge in [-0.25, -0.2) is 14.6 Å². The van der Waals surface area contributed by atoms with E-state index in [0.717, 1.165) is 20.7 Å². The first-order valence-corrected chi connectivity index (χ1v) is 18.1. The van der Waals surface area contributed by atoms with Crippen LogP contribution in [0, 0.1) is 0 Å². The number of thiazole rings is 1. The van der Waals surface area contributed by atoms with Crippen molar-refractivity contribution in [3.05, 3.63) is 58.7 Å². The largest absolute Gasteiger partial charge is 0.444 e. The molecule has 3 aromatic heterocycles. The summed E-state index contributed by atoms with van der Waals surface area (Å²) in [5.74, 6) is -0.544. The minimum absolute atomic E-state index is 0.0543. The van der Waals surface area contributed by atoms with E-state index in [9.17, 15) is 19.2 Å². The highest BCUT2D eigenvalue weighted by Gasteiger charge is 2.32. The Kier molecular flexibility index (Phi) is 10.8. The Balaban J connectivity index is 1.43. The standard InChI is InChI=1S/C36H44N6O6S2/c1-21(2)42(34(46)48-36(6,7)8)17-14-28(43)40-32-29(24-13-16-41(20-27(24)50-32)33(45)47-35(3,4)5)31-39-25-18-22(11-12-26(25)49-31)30(44)38-23-10-9-15-37-19-23/h9-12,15,18-19,21H,13-14,16-17,20H2,1-8H3,(H,38,44)(H,40,43). The van der Waals surface area contributed by atoms with Crippen molar-refractivity contribution < 1.29 is 28.7 Å². The number of nitrogens with zero attached hydrogens (tertiary/aromatic N) is 4. The number of benzene rings is 1. The van der Waals surface area contributed by atoms with E-state index in [1.807, 2.05) is 40.7 Å². The van der Waals surface area contributed by atoms with Gasteiger partial charge in [0.05, 0.1) is 28.6 Å². The fraction of sp³-hybridized carbons (Fsp3) is 0.444. The van der Waals surface area contributed by atoms with E-state index in [4.69, 9.17) is 14.5 Å². The van der Waals surface area contributed by atoms with Crippen LogP contribution in [0.4, 0.5) is 20.3 Å². The zero-order chi connectivity index (χ0) is 36.4. The van der Waals surface area contributed by atoms with E-state index in [1.54, 1.807) is 67.2 Å². The molecule has 0 bridgehead atoms. The van der Waals surface area contributed by atoms with Crippen LogP contribution in [0.2, 0.25) is 0 Å². The van der Waals surface area contributed by atoms with Crippen LogP contribution in [-0.2, 0) is 27.2 Å². The Hall–Kier alpha value is -4.56. The van der Waals surface area contributed by atoms with Crippen LogP contribution in [0.15, 0.2) is 42.7 Å². The second-order valence-electron chi connectivity index (χ2n) is 14.3. The first-order valence-electron chi connectivity index (χ1n) is 16.5. The van der Waals surface area contributed by atoms with Crippen molar-refractivity contribution in [2.24, 2.45) is 0 Å². The Morgan fingerprint density at radius 2 is 1.74 bits per heavy atom. The van der Waals surface area contributed by atoms with Gasteiger partial charge < -0.3 is 29.9 Å². The zero-order valence-corrected chi connectivity index (χ0v) is 31.3. The number of carbonyl (C=O) groups excluding carboxylic acids is 4. The lowest BCUT2D eigenvalue weighted by Crippen LogP contribution is -2.42. The third-order valence-corrected chi connectivity index (χ3v) is 9.76. The van der Waals surface area contributed by atoms with E-state index in [0.29, 0.717) is 46.3 Å². The van der Waals surface area contributed by atoms with Crippen LogP contribution in [-0.4, -0.2) is 74.1 Å². The van der Waals surface area contributed by atoms with Gasteiger partial charge in [0, 0.05) is 47.8 Å². The number of thiophene rings is 1. The number of aromatic nitrogens is 2. The van der Waals surface area contributed by atoms with E-state index < -0.39 is 23.4 Å². The van der Waals surface area contributed by atoms with Crippen LogP contribution >= 0.6 is 22.7 Å². The molecule has 0 unspecified atom stereocenters. The Labute approximate surface area is 300 Å². The third-order valence-electron chi connectivity index (χ3n) is 7.58. The quantitative estimate of drug-likeness (QED) is 0.187. The molecule has 0 atom stereocenters. The summed E-state index contributed by atoms with van der Waals surface area (Å²) in [5.41, 5.74) is 2.21. The van der Waals surface area contributed by atoms with Crippen molar-refractivity contribution in [2.45, 2.75) is 92.0 Å². The summed E-state index contributed by atoms with van der Waals surface area (Å²) in [6.07, 6.45) is 2.95. The number of ether oxygens (including phenoxy) is 2. The molecule has 0 aliphatic carbocycles. The maximum absolute atomic E-state index is 13.5. The number of pyridine rings is 1. The number of carbonyl (C=O) groups is 4. The third kappa shape index (κ3) is 9.16. The molecule has 5 rings (SSSR count). The second-order valence-corrected chi connectivity index (χ2v) is 16.5. The molecule has 4 amide bonds. The molecule has 266 valence electrons. The molecule has 2 N–H and O–H groups in total. The second kappa shape index (κ2) is 14.7. The number of hydrogen-bond donors (Lipinski definition) is 2. The molecular weight excluding hydrogens is 677 g/mol. The maximum Gasteiger partial charge on any atom is 0.410 e. The van der Waals surface area contributed by atoms with Crippen molar-refractivity contribution >= 4 is 67.6 Å². The molecule has 0 spiro atoms. The van der Waals surface area contributed by atoms with Gasteiger partial charge in [0.2, 0.25) is 5.91 Å². The van der Waals surface area contributed by atoms with Crippen LogP contribution in [0.1, 0.15) is 82.6 Å². The van der Waals surface area contributed by atoms with Crippen molar-refractivity contribution in [1.82, 2.24) is 19.8 Å². The molecule has 14 heteroatoms. The Morgan fingerprint density at radius 3 is 2.40 bits per heavy atom. The van der Waals surface area contributed by atoms with Gasteiger partial charge in [-0.15, -0.1) is 22.7 Å². The van der Waals surface area contributed by atoms with Crippen LogP contribution in [0.25, 0.3) is 20.8 Å². The molecule has 0 saturated heterocycles. The average Bonchev–Trinajstić information content (AvgIpc) is 3.59. The fourth-order valence-electron chi connectivity index (χ4n) is 5.31. The van der Waals surface area contributed by atoms with E-state index in [-0.39, 0.29) is 30.8 Å². The lowest BCUT2D eigenvalue weighted by atomic mass is 10.0. The molecule has 12 nitrogen and oxygen atoms in total. The molecule has 0 saturated carbocycles. The monoisotopic (exact) mass is 720 g/mol. The topological polar surface area (TPSA) is 143 Å². The first-order chi connectivity index (χ1) is 23.5. The van der Waals surface area contributed by atoms with Gasteiger partial charge >= 0.3 is 12.2 Å². The van der Waals surface area contributed by atoms with Crippen molar-refractivity contribution in [1.29, 1.82) is 0 Å². The molecular formula is C36H44N6O6S2. The highest BCUT2D eigenvalue weighted by molar-refractivity contribution is 7.23. The predicted octanol–water partition coefficient (Wildman–Crippen LogP) is 7.94. The zero-order valence-electron chi connectivity index (χ0n) is 29.7. The normalized spacial score (nSPS) is 13.2. The number of fused-ring (bicyclic) bond motifs is 2. The van der Waals surface area contributed by atoms with Crippen LogP contribution in [0.3, 0.4) is 0 Å². The summed E-state index contributed by atoms with van der Waals surface area (Å²) in [4.78, 5) is 65.5. The van der Waals surface area contributed by atoms with E-state index >= 15 is 0 Å². The van der Waals surface area contributed by atoms with Crippen molar-refractivity contribution in [3.8, 4) is 10.6 Å². The summed E-state index contributed by atoms with van der Waals surface area (Å²) in [6.45, 7) is 15.6. The highest BCUT2D eigenvalue weighted by atomic mass is 32.1. The van der Waals surface area contributed by atoms with Gasteiger partial charge in [0.1, 0.15) is 21.2 Å². The van der Waals surface area contributed by atoms with E-state index in [1.165, 1.54) is 22.7 Å². The number of hydrogen-bond acceptors (Lipinski definition) is 10. The van der Waals surface area contributed by atoms with E-state index in [2.05, 4.69) is 15.6 Å². The summed E-state index contributed by atoms with van der Waals surface area (Å²) < 4.78 is 12.1.